The van der Waals surface area contributed by atoms with E-state index < -0.39 is 5.60 Å². The highest BCUT2D eigenvalue weighted by Crippen LogP contribution is 2.34. The molecule has 3 heterocycles. The number of carbonyl (C=O) groups is 5. The summed E-state index contributed by atoms with van der Waals surface area (Å²) in [5.74, 6) is -1.04. The number of nitrogens with one attached hydrogen (secondary N) is 2. The number of nitrogens with zero attached hydrogens (tertiary/aromatic N) is 6. The Morgan fingerprint density at radius 1 is 0.689 bits per heavy atom. The number of aryl methyl sites for hydroxylation is 1. The van der Waals surface area contributed by atoms with E-state index in [-0.39, 0.29) is 48.8 Å². The molecule has 398 valence electrons. The molecule has 5 amide bonds. The van der Waals surface area contributed by atoms with Crippen LogP contribution in [0.3, 0.4) is 0 Å². The molecule has 17 heteroatoms. The van der Waals surface area contributed by atoms with E-state index in [0.717, 1.165) is 56.4 Å². The quantitative estimate of drug-likeness (QED) is 0.0594. The van der Waals surface area contributed by atoms with Crippen LogP contribution in [0.2, 0.25) is 0 Å². The van der Waals surface area contributed by atoms with Crippen molar-refractivity contribution in [3.8, 4) is 11.3 Å². The van der Waals surface area contributed by atoms with Crippen LogP contribution in [-0.4, -0.2) is 173 Å². The highest BCUT2D eigenvalue weighted by Gasteiger charge is 2.26. The highest BCUT2D eigenvalue weighted by molar-refractivity contribution is 6.08. The average Bonchev–Trinajstić information content (AvgIpc) is 3.41. The number of hydrogen-bond donors (Lipinski definition) is 2. The molecule has 1 atom stereocenters. The van der Waals surface area contributed by atoms with Crippen LogP contribution in [0.4, 0.5) is 16.2 Å². The first-order chi connectivity index (χ1) is 35.7. The molecule has 1 aromatic heterocycles. The first kappa shape index (κ1) is 55.4. The summed E-state index contributed by atoms with van der Waals surface area (Å²) in [5, 5.41) is 6.38. The van der Waals surface area contributed by atoms with Crippen molar-refractivity contribution in [3.63, 3.8) is 0 Å². The smallest absolute Gasteiger partial charge is 0.319 e. The number of carbonyl (C=O) groups excluding carboxylic acids is 5. The molecular weight excluding hydrogens is 941 g/mol. The number of ether oxygens (including phenoxy) is 4. The molecule has 2 aliphatic heterocycles. The Labute approximate surface area is 436 Å². The second kappa shape index (κ2) is 27.2. The summed E-state index contributed by atoms with van der Waals surface area (Å²) in [6.45, 7) is 13.6. The summed E-state index contributed by atoms with van der Waals surface area (Å²) in [6, 6.07) is 24.4. The fourth-order valence-electron chi connectivity index (χ4n) is 9.46. The van der Waals surface area contributed by atoms with E-state index in [1.165, 1.54) is 12.0 Å². The van der Waals surface area contributed by atoms with E-state index >= 15 is 0 Å². The van der Waals surface area contributed by atoms with Crippen LogP contribution in [0, 0.1) is 0 Å². The first-order valence-corrected chi connectivity index (χ1v) is 26.3. The molecule has 2 N–H and O–H groups in total. The van der Waals surface area contributed by atoms with Gasteiger partial charge in [0.25, 0.3) is 17.7 Å². The molecule has 2 saturated heterocycles. The van der Waals surface area contributed by atoms with E-state index in [9.17, 15) is 24.0 Å². The third-order valence-electron chi connectivity index (χ3n) is 13.6. The predicted octanol–water partition coefficient (Wildman–Crippen LogP) is 7.32. The summed E-state index contributed by atoms with van der Waals surface area (Å²) in [7, 11) is 3.53. The standard InChI is InChI=1S/C57H76N8O9/c1-57(2,3)74-52(66)22-33-71-35-37-73-38-36-72-34-32-62(5)56(70)65-30-28-63(29-31-65)27-26-61(4)55(69)45-16-11-15-43(39-45)53(67)60-50-20-19-46(64-24-9-6-10-25-64)41-48(50)51-40-44(21-23-58-51)54(68)59-49-18-12-14-42-13-7-8-17-47(42)49/h7-8,11,13,15-17,19-21,23,39-41,49H,6,9-10,12,14,18,22,24-38H2,1-5H3,(H,59,68)(H,60,67). The molecule has 7 rings (SSSR count). The molecule has 3 aliphatic rings. The summed E-state index contributed by atoms with van der Waals surface area (Å²) in [5.41, 5.74) is 5.98. The van der Waals surface area contributed by atoms with Gasteiger partial charge in [0.2, 0.25) is 0 Å². The van der Waals surface area contributed by atoms with Crippen molar-refractivity contribution in [2.24, 2.45) is 0 Å². The molecule has 3 aromatic carbocycles. The van der Waals surface area contributed by atoms with Gasteiger partial charge in [-0.3, -0.25) is 29.1 Å². The Kier molecular flexibility index (Phi) is 20.4. The third-order valence-corrected chi connectivity index (χ3v) is 13.6. The van der Waals surface area contributed by atoms with Crippen molar-refractivity contribution >= 4 is 41.1 Å². The van der Waals surface area contributed by atoms with Crippen molar-refractivity contribution in [1.29, 1.82) is 0 Å². The normalized spacial score (nSPS) is 16.0. The van der Waals surface area contributed by atoms with E-state index in [4.69, 9.17) is 23.9 Å². The molecule has 0 bridgehead atoms. The Morgan fingerprint density at radius 2 is 1.39 bits per heavy atom. The van der Waals surface area contributed by atoms with Gasteiger partial charge in [0.15, 0.2) is 0 Å². The third kappa shape index (κ3) is 16.3. The van der Waals surface area contributed by atoms with Crippen molar-refractivity contribution in [2.75, 3.05) is 123 Å². The molecule has 1 aliphatic carbocycles. The van der Waals surface area contributed by atoms with Gasteiger partial charge < -0.3 is 49.2 Å². The van der Waals surface area contributed by atoms with Crippen LogP contribution in [0.25, 0.3) is 11.3 Å². The largest absolute Gasteiger partial charge is 0.460 e. The van der Waals surface area contributed by atoms with Gasteiger partial charge in [0.05, 0.1) is 63.5 Å². The zero-order chi connectivity index (χ0) is 52.5. The van der Waals surface area contributed by atoms with Crippen LogP contribution in [0.5, 0.6) is 0 Å². The Hall–Kier alpha value is -6.40. The molecule has 74 heavy (non-hydrogen) atoms. The van der Waals surface area contributed by atoms with Crippen LogP contribution < -0.4 is 15.5 Å². The first-order valence-electron chi connectivity index (χ1n) is 26.3. The summed E-state index contributed by atoms with van der Waals surface area (Å²) in [4.78, 5) is 81.0. The topological polar surface area (TPSA) is 175 Å². The number of esters is 1. The van der Waals surface area contributed by atoms with E-state index in [1.807, 2.05) is 56.0 Å². The van der Waals surface area contributed by atoms with Crippen LogP contribution >= 0.6 is 0 Å². The van der Waals surface area contributed by atoms with Gasteiger partial charge >= 0.3 is 12.0 Å². The average molecular weight is 1020 g/mol. The Bertz CT molecular complexity index is 2520. The lowest BCUT2D eigenvalue weighted by molar-refractivity contribution is -0.156. The predicted molar refractivity (Wildman–Crippen MR) is 286 cm³/mol. The molecule has 1 unspecified atom stereocenters. The number of anilines is 2. The van der Waals surface area contributed by atoms with E-state index in [2.05, 4.69) is 32.6 Å². The molecule has 17 nitrogen and oxygen atoms in total. The number of rotatable bonds is 22. The lowest BCUT2D eigenvalue weighted by Gasteiger charge is -2.37. The maximum absolute atomic E-state index is 14.1. The number of aromatic nitrogens is 1. The summed E-state index contributed by atoms with van der Waals surface area (Å²) >= 11 is 0. The number of piperidine rings is 1. The molecule has 0 radical (unpaired) electrons. The van der Waals surface area contributed by atoms with E-state index in [1.54, 1.807) is 66.5 Å². The summed E-state index contributed by atoms with van der Waals surface area (Å²) in [6.07, 6.45) is 8.12. The highest BCUT2D eigenvalue weighted by atomic mass is 16.6. The maximum Gasteiger partial charge on any atom is 0.319 e. The van der Waals surface area contributed by atoms with Crippen molar-refractivity contribution in [3.05, 3.63) is 113 Å². The van der Waals surface area contributed by atoms with Crippen molar-refractivity contribution in [1.82, 2.24) is 29.9 Å². The monoisotopic (exact) mass is 1020 g/mol. The minimum Gasteiger partial charge on any atom is -0.460 e. The summed E-state index contributed by atoms with van der Waals surface area (Å²) < 4.78 is 21.9. The van der Waals surface area contributed by atoms with Crippen LogP contribution in [0.1, 0.15) is 108 Å². The van der Waals surface area contributed by atoms with E-state index in [0.29, 0.717) is 112 Å². The van der Waals surface area contributed by atoms with Gasteiger partial charge in [-0.2, -0.15) is 0 Å². The van der Waals surface area contributed by atoms with Gasteiger partial charge in [-0.05, 0) is 119 Å². The number of benzene rings is 3. The second-order valence-corrected chi connectivity index (χ2v) is 20.3. The number of urea groups is 1. The molecular formula is C57H76N8O9. The van der Waals surface area contributed by atoms with Gasteiger partial charge in [0, 0.05) is 107 Å². The van der Waals surface area contributed by atoms with Crippen LogP contribution in [-0.2, 0) is 30.2 Å². The van der Waals surface area contributed by atoms with Gasteiger partial charge in [-0.15, -0.1) is 0 Å². The minimum absolute atomic E-state index is 0.0538. The van der Waals surface area contributed by atoms with Crippen molar-refractivity contribution in [2.45, 2.75) is 77.4 Å². The lowest BCUT2D eigenvalue weighted by atomic mass is 9.87. The zero-order valence-electron chi connectivity index (χ0n) is 44.1. The second-order valence-electron chi connectivity index (χ2n) is 20.3. The maximum atomic E-state index is 14.1. The van der Waals surface area contributed by atoms with Crippen LogP contribution in [0.15, 0.2) is 85.1 Å². The molecule has 0 saturated carbocycles. The van der Waals surface area contributed by atoms with Gasteiger partial charge in [-0.25, -0.2) is 4.79 Å². The number of hydrogen-bond acceptors (Lipinski definition) is 12. The number of fused-ring (bicyclic) bond motifs is 1. The zero-order valence-corrected chi connectivity index (χ0v) is 44.1. The molecule has 0 spiro atoms. The van der Waals surface area contributed by atoms with Crippen molar-refractivity contribution < 1.29 is 42.9 Å². The molecule has 4 aromatic rings. The SMILES string of the molecule is CN(CCN1CCN(C(=O)N(C)CCOCCOCCOCCC(=O)OC(C)(C)C)CC1)C(=O)c1cccc(C(=O)Nc2ccc(N3CCCCC3)cc2-c2cc(C(=O)NC3CCCc4ccccc43)ccn2)c1. The molecule has 2 fully saturated rings. The number of amides is 5. The number of likely N-dealkylation sites (N-methyl/N-ethyl adjacent to an activating group) is 2. The minimum atomic E-state index is -0.510. The van der Waals surface area contributed by atoms with Gasteiger partial charge in [0.1, 0.15) is 5.60 Å². The number of pyridine rings is 1. The Morgan fingerprint density at radius 3 is 2.15 bits per heavy atom. The fourth-order valence-corrected chi connectivity index (χ4v) is 9.46. The Balaban J connectivity index is 0.856. The lowest BCUT2D eigenvalue weighted by Crippen LogP contribution is -2.53. The number of piperazine rings is 1. The fraction of sp³-hybridized carbons (Fsp3) is 0.509. The van der Waals surface area contributed by atoms with Gasteiger partial charge in [-0.1, -0.05) is 30.3 Å².